The van der Waals surface area contributed by atoms with Crippen molar-refractivity contribution in [2.24, 2.45) is 16.8 Å². The van der Waals surface area contributed by atoms with Gasteiger partial charge in [0, 0.05) is 19.3 Å². The van der Waals surface area contributed by atoms with Crippen molar-refractivity contribution in [1.29, 1.82) is 0 Å². The Labute approximate surface area is 99.9 Å². The highest BCUT2D eigenvalue weighted by Crippen LogP contribution is 2.10. The van der Waals surface area contributed by atoms with E-state index in [0.29, 0.717) is 11.8 Å². The summed E-state index contributed by atoms with van der Waals surface area (Å²) >= 11 is 0. The average Bonchev–Trinajstić information content (AvgIpc) is 2.32. The summed E-state index contributed by atoms with van der Waals surface area (Å²) in [6, 6.07) is 0.206. The van der Waals surface area contributed by atoms with Crippen molar-refractivity contribution in [3.05, 3.63) is 37.5 Å². The predicted octanol–water partition coefficient (Wildman–Crippen LogP) is 2.85. The van der Waals surface area contributed by atoms with E-state index in [-0.39, 0.29) is 6.04 Å². The molecule has 90 valence electrons. The molecule has 0 rings (SSSR count). The third-order valence-electron chi connectivity index (χ3n) is 2.75. The molecule has 0 aliphatic heterocycles. The average molecular weight is 220 g/mol. The number of allylic oxidation sites excluding steroid dienone is 2. The Morgan fingerprint density at radius 3 is 2.44 bits per heavy atom. The molecule has 0 radical (unpaired) electrons. The molecule has 1 N–H and O–H groups in total. The number of aliphatic imine (C=N–C) groups is 1. The Bertz CT molecular complexity index is 253. The van der Waals surface area contributed by atoms with Crippen LogP contribution in [0.25, 0.3) is 0 Å². The van der Waals surface area contributed by atoms with E-state index in [2.05, 4.69) is 37.3 Å². The van der Waals surface area contributed by atoms with Crippen molar-refractivity contribution in [3.8, 4) is 0 Å². The van der Waals surface area contributed by atoms with Gasteiger partial charge in [0.2, 0.25) is 0 Å². The number of nitrogens with one attached hydrogen (secondary N) is 1. The van der Waals surface area contributed by atoms with Crippen LogP contribution in [0.2, 0.25) is 0 Å². The first kappa shape index (κ1) is 14.8. The lowest BCUT2D eigenvalue weighted by molar-refractivity contribution is 0.423. The van der Waals surface area contributed by atoms with Gasteiger partial charge in [0.15, 0.2) is 0 Å². The Morgan fingerprint density at radius 1 is 1.25 bits per heavy atom. The van der Waals surface area contributed by atoms with Crippen LogP contribution in [0, 0.1) is 11.8 Å². The number of nitrogens with zero attached hydrogens (tertiary/aromatic N) is 1. The van der Waals surface area contributed by atoms with E-state index in [0.717, 1.165) is 6.54 Å². The summed E-state index contributed by atoms with van der Waals surface area (Å²) in [5.41, 5.74) is 0. The molecule has 0 aliphatic carbocycles. The quantitative estimate of drug-likeness (QED) is 0.493. The summed E-state index contributed by atoms with van der Waals surface area (Å²) in [4.78, 5) is 3.89. The zero-order valence-electron chi connectivity index (χ0n) is 10.7. The topological polar surface area (TPSA) is 24.4 Å². The van der Waals surface area contributed by atoms with E-state index in [1.807, 2.05) is 24.3 Å². The molecule has 0 spiro atoms. The molecule has 0 aliphatic rings. The molecule has 0 amide bonds. The SMILES string of the molecule is C=C[C@H](/C=C/C=N\C)NC[C@H](C)[C@H](C)C=C. The van der Waals surface area contributed by atoms with Gasteiger partial charge in [0.1, 0.15) is 0 Å². The number of rotatable bonds is 8. The second-order valence-corrected chi connectivity index (χ2v) is 4.03. The van der Waals surface area contributed by atoms with E-state index in [4.69, 9.17) is 0 Å². The Kier molecular flexibility index (Phi) is 8.45. The third-order valence-corrected chi connectivity index (χ3v) is 2.75. The molecule has 0 heterocycles. The molecule has 0 saturated heterocycles. The van der Waals surface area contributed by atoms with Gasteiger partial charge in [-0.1, -0.05) is 32.1 Å². The van der Waals surface area contributed by atoms with Gasteiger partial charge in [0.25, 0.3) is 0 Å². The Hall–Kier alpha value is -1.15. The maximum Gasteiger partial charge on any atom is 0.0436 e. The molecule has 0 unspecified atom stereocenters. The number of hydrogen-bond donors (Lipinski definition) is 1. The van der Waals surface area contributed by atoms with Crippen molar-refractivity contribution >= 4 is 6.21 Å². The van der Waals surface area contributed by atoms with Gasteiger partial charge in [-0.25, -0.2) is 0 Å². The second kappa shape index (κ2) is 9.10. The molecule has 0 bridgehead atoms. The maximum absolute atomic E-state index is 3.89. The molecule has 0 aromatic heterocycles. The first-order valence-electron chi connectivity index (χ1n) is 5.73. The van der Waals surface area contributed by atoms with E-state index in [9.17, 15) is 0 Å². The van der Waals surface area contributed by atoms with Crippen molar-refractivity contribution in [1.82, 2.24) is 5.32 Å². The Balaban J connectivity index is 4.04. The summed E-state index contributed by atoms with van der Waals surface area (Å²) in [5, 5.41) is 3.43. The highest BCUT2D eigenvalue weighted by Gasteiger charge is 2.09. The number of hydrogen-bond acceptors (Lipinski definition) is 2. The van der Waals surface area contributed by atoms with Crippen LogP contribution in [0.1, 0.15) is 13.8 Å². The third kappa shape index (κ3) is 6.36. The standard InChI is InChI=1S/C14H24N2/c1-6-12(3)13(4)11-16-14(7-2)9-8-10-15-5/h6-10,12-14,16H,1-2,11H2,3-5H3/b9-8+,15-10-/t12-,13+,14-/m1/s1. The highest BCUT2D eigenvalue weighted by atomic mass is 14.9. The van der Waals surface area contributed by atoms with Gasteiger partial charge in [0.05, 0.1) is 0 Å². The first-order chi connectivity index (χ1) is 7.65. The van der Waals surface area contributed by atoms with Gasteiger partial charge in [-0.15, -0.1) is 13.2 Å². The predicted molar refractivity (Wildman–Crippen MR) is 74.1 cm³/mol. The lowest BCUT2D eigenvalue weighted by Gasteiger charge is -2.19. The maximum atomic E-state index is 3.89. The molecule has 2 nitrogen and oxygen atoms in total. The molecule has 0 saturated carbocycles. The lowest BCUT2D eigenvalue weighted by Crippen LogP contribution is -2.31. The molecule has 16 heavy (non-hydrogen) atoms. The lowest BCUT2D eigenvalue weighted by atomic mass is 9.96. The fraction of sp³-hybridized carbons (Fsp3) is 0.500. The van der Waals surface area contributed by atoms with Gasteiger partial charge >= 0.3 is 0 Å². The molecular weight excluding hydrogens is 196 g/mol. The van der Waals surface area contributed by atoms with E-state index < -0.39 is 0 Å². The molecule has 0 aromatic carbocycles. The summed E-state index contributed by atoms with van der Waals surface area (Å²) < 4.78 is 0. The fourth-order valence-electron chi connectivity index (χ4n) is 1.23. The monoisotopic (exact) mass is 220 g/mol. The van der Waals surface area contributed by atoms with Gasteiger partial charge in [-0.3, -0.25) is 4.99 Å². The Morgan fingerprint density at radius 2 is 1.94 bits per heavy atom. The summed E-state index contributed by atoms with van der Waals surface area (Å²) in [6.07, 6.45) is 9.64. The van der Waals surface area contributed by atoms with Crippen LogP contribution in [-0.2, 0) is 0 Å². The largest absolute Gasteiger partial charge is 0.307 e. The molecule has 3 atom stereocenters. The van der Waals surface area contributed by atoms with Gasteiger partial charge in [-0.2, -0.15) is 0 Å². The van der Waals surface area contributed by atoms with Crippen molar-refractivity contribution < 1.29 is 0 Å². The summed E-state index contributed by atoms with van der Waals surface area (Å²) in [5.74, 6) is 1.10. The van der Waals surface area contributed by atoms with Crippen LogP contribution in [0.4, 0.5) is 0 Å². The van der Waals surface area contributed by atoms with Crippen LogP contribution >= 0.6 is 0 Å². The second-order valence-electron chi connectivity index (χ2n) is 4.03. The summed E-state index contributed by atoms with van der Waals surface area (Å²) in [6.45, 7) is 13.0. The molecule has 2 heteroatoms. The normalized spacial score (nSPS) is 17.4. The molecule has 0 aromatic rings. The van der Waals surface area contributed by atoms with Gasteiger partial charge in [-0.05, 0) is 24.5 Å². The molecule has 0 fully saturated rings. The first-order valence-corrected chi connectivity index (χ1v) is 5.73. The minimum Gasteiger partial charge on any atom is -0.307 e. The zero-order valence-corrected chi connectivity index (χ0v) is 10.7. The van der Waals surface area contributed by atoms with Crippen LogP contribution in [0.15, 0.2) is 42.5 Å². The minimum atomic E-state index is 0.206. The van der Waals surface area contributed by atoms with Crippen molar-refractivity contribution in [2.45, 2.75) is 19.9 Å². The minimum absolute atomic E-state index is 0.206. The van der Waals surface area contributed by atoms with Crippen LogP contribution in [0.3, 0.4) is 0 Å². The summed E-state index contributed by atoms with van der Waals surface area (Å²) in [7, 11) is 1.76. The van der Waals surface area contributed by atoms with E-state index in [1.165, 1.54) is 0 Å². The van der Waals surface area contributed by atoms with Gasteiger partial charge < -0.3 is 5.32 Å². The van der Waals surface area contributed by atoms with Crippen LogP contribution < -0.4 is 5.32 Å². The zero-order chi connectivity index (χ0) is 12.4. The smallest absolute Gasteiger partial charge is 0.0436 e. The highest BCUT2D eigenvalue weighted by molar-refractivity contribution is 5.70. The van der Waals surface area contributed by atoms with Crippen LogP contribution in [-0.4, -0.2) is 25.8 Å². The van der Waals surface area contributed by atoms with E-state index in [1.54, 1.807) is 13.3 Å². The van der Waals surface area contributed by atoms with Crippen molar-refractivity contribution in [2.75, 3.05) is 13.6 Å². The van der Waals surface area contributed by atoms with Crippen molar-refractivity contribution in [3.63, 3.8) is 0 Å². The molecular formula is C14H24N2. The van der Waals surface area contributed by atoms with E-state index >= 15 is 0 Å². The van der Waals surface area contributed by atoms with Crippen LogP contribution in [0.5, 0.6) is 0 Å². The fourth-order valence-corrected chi connectivity index (χ4v) is 1.23.